The number of carbonyl (C=O) groups excluding carboxylic acids is 2. The van der Waals surface area contributed by atoms with Gasteiger partial charge in [0, 0.05) is 28.6 Å². The van der Waals surface area contributed by atoms with E-state index in [-0.39, 0.29) is 24.8 Å². The predicted molar refractivity (Wildman–Crippen MR) is 124 cm³/mol. The molecule has 2 heterocycles. The molecule has 0 spiro atoms. The molecule has 1 aliphatic heterocycles. The van der Waals surface area contributed by atoms with Gasteiger partial charge in [0.2, 0.25) is 0 Å². The number of ketones is 1. The first-order valence-corrected chi connectivity index (χ1v) is 11.5. The zero-order valence-electron chi connectivity index (χ0n) is 18.0. The van der Waals surface area contributed by atoms with E-state index in [1.165, 1.54) is 11.8 Å². The summed E-state index contributed by atoms with van der Waals surface area (Å²) in [6, 6.07) is 17.3. The number of carbonyl (C=O) groups is 2. The van der Waals surface area contributed by atoms with Gasteiger partial charge in [-0.2, -0.15) is 17.0 Å². The van der Waals surface area contributed by atoms with Crippen LogP contribution in [0.5, 0.6) is 5.75 Å². The number of H-pyrrole nitrogens is 1. The predicted octanol–water partition coefficient (Wildman–Crippen LogP) is 4.93. The first kappa shape index (κ1) is 22.0. The number of nitrogens with zero attached hydrogens (tertiary/aromatic N) is 1. The molecule has 6 nitrogen and oxygen atoms in total. The standard InChI is InChI=1S/C25H24N2O4S/c1-3-31-22(28)12-17-14-32-24(16-8-10-18(30-2)11-9-16)25(17,15-26)23(29)20-13-27-21-7-5-4-6-19(20)21/h4-11,13,17,24,27H,3,12,14H2,1-2H3/t17-,24+,25+/m1/s1. The molecule has 32 heavy (non-hydrogen) atoms. The lowest BCUT2D eigenvalue weighted by molar-refractivity contribution is -0.144. The summed E-state index contributed by atoms with van der Waals surface area (Å²) < 4.78 is 10.4. The molecule has 0 radical (unpaired) electrons. The van der Waals surface area contributed by atoms with Crippen molar-refractivity contribution in [1.29, 1.82) is 5.26 Å². The molecule has 164 valence electrons. The maximum Gasteiger partial charge on any atom is 0.306 e. The molecular formula is C25H24N2O4S. The third-order valence-electron chi connectivity index (χ3n) is 6.05. The smallest absolute Gasteiger partial charge is 0.306 e. The number of esters is 1. The Morgan fingerprint density at radius 3 is 2.66 bits per heavy atom. The van der Waals surface area contributed by atoms with E-state index in [0.29, 0.717) is 17.1 Å². The second-order valence-corrected chi connectivity index (χ2v) is 8.89. The summed E-state index contributed by atoms with van der Waals surface area (Å²) in [7, 11) is 1.59. The van der Waals surface area contributed by atoms with Gasteiger partial charge in [0.15, 0.2) is 5.78 Å². The fourth-order valence-corrected chi connectivity index (χ4v) is 6.23. The maximum absolute atomic E-state index is 14.1. The van der Waals surface area contributed by atoms with E-state index in [1.54, 1.807) is 20.2 Å². The number of ether oxygens (including phenoxy) is 2. The van der Waals surface area contributed by atoms with Crippen molar-refractivity contribution in [3.05, 3.63) is 65.9 Å². The van der Waals surface area contributed by atoms with E-state index in [2.05, 4.69) is 11.1 Å². The van der Waals surface area contributed by atoms with Crippen molar-refractivity contribution in [1.82, 2.24) is 4.98 Å². The number of para-hydroxylation sites is 1. The minimum Gasteiger partial charge on any atom is -0.497 e. The van der Waals surface area contributed by atoms with E-state index in [9.17, 15) is 14.9 Å². The molecule has 1 aromatic heterocycles. The third-order valence-corrected chi connectivity index (χ3v) is 7.63. The highest BCUT2D eigenvalue weighted by Gasteiger charge is 2.58. The van der Waals surface area contributed by atoms with E-state index in [1.807, 2.05) is 48.5 Å². The highest BCUT2D eigenvalue weighted by Crippen LogP contribution is 2.59. The average molecular weight is 449 g/mol. The van der Waals surface area contributed by atoms with Gasteiger partial charge >= 0.3 is 5.97 Å². The fourth-order valence-electron chi connectivity index (χ4n) is 4.46. The number of aromatic amines is 1. The molecule has 0 unspecified atom stereocenters. The summed E-state index contributed by atoms with van der Waals surface area (Å²) in [5.41, 5.74) is 0.753. The Labute approximate surface area is 190 Å². The molecule has 7 heteroatoms. The van der Waals surface area contributed by atoms with Gasteiger partial charge < -0.3 is 14.5 Å². The number of nitriles is 1. The summed E-state index contributed by atoms with van der Waals surface area (Å²) in [5.74, 6) is 0.0875. The van der Waals surface area contributed by atoms with Crippen molar-refractivity contribution in [3.63, 3.8) is 0 Å². The minimum absolute atomic E-state index is 0.0230. The second kappa shape index (κ2) is 9.09. The van der Waals surface area contributed by atoms with Crippen LogP contribution in [0.1, 0.15) is 34.5 Å². The molecule has 0 saturated carbocycles. The highest BCUT2D eigenvalue weighted by molar-refractivity contribution is 7.99. The first-order chi connectivity index (χ1) is 15.5. The second-order valence-electron chi connectivity index (χ2n) is 7.75. The number of Topliss-reactive ketones (excluding diaryl/α,β-unsaturated/α-hetero) is 1. The van der Waals surface area contributed by atoms with Gasteiger partial charge in [-0.3, -0.25) is 9.59 Å². The summed E-state index contributed by atoms with van der Waals surface area (Å²) in [5, 5.41) is 10.9. The Balaban J connectivity index is 1.82. The Kier molecular flexibility index (Phi) is 6.24. The van der Waals surface area contributed by atoms with Gasteiger partial charge in [-0.25, -0.2) is 0 Å². The van der Waals surface area contributed by atoms with E-state index >= 15 is 0 Å². The summed E-state index contributed by atoms with van der Waals surface area (Å²) >= 11 is 1.54. The van der Waals surface area contributed by atoms with Crippen LogP contribution in [-0.4, -0.2) is 36.2 Å². The lowest BCUT2D eigenvalue weighted by Gasteiger charge is -2.31. The molecule has 1 N–H and O–H groups in total. The van der Waals surface area contributed by atoms with Crippen LogP contribution < -0.4 is 4.74 Å². The molecule has 1 fully saturated rings. The van der Waals surface area contributed by atoms with Gasteiger partial charge in [-0.15, -0.1) is 0 Å². The van der Waals surface area contributed by atoms with Gasteiger partial charge in [0.05, 0.1) is 31.5 Å². The number of thioether (sulfide) groups is 1. The number of benzene rings is 2. The molecule has 3 atom stereocenters. The summed E-state index contributed by atoms with van der Waals surface area (Å²) in [6.07, 6.45) is 1.69. The van der Waals surface area contributed by atoms with Gasteiger partial charge in [-0.05, 0) is 36.4 Å². The largest absolute Gasteiger partial charge is 0.497 e. The van der Waals surface area contributed by atoms with Crippen molar-refractivity contribution in [2.75, 3.05) is 19.5 Å². The summed E-state index contributed by atoms with van der Waals surface area (Å²) in [4.78, 5) is 29.6. The lowest BCUT2D eigenvalue weighted by Crippen LogP contribution is -2.39. The Hall–Kier alpha value is -3.24. The quantitative estimate of drug-likeness (QED) is 0.407. The van der Waals surface area contributed by atoms with Crippen molar-refractivity contribution in [3.8, 4) is 11.8 Å². The molecule has 0 bridgehead atoms. The van der Waals surface area contributed by atoms with Crippen LogP contribution >= 0.6 is 11.8 Å². The minimum atomic E-state index is -1.41. The topological polar surface area (TPSA) is 92.2 Å². The van der Waals surface area contributed by atoms with E-state index in [0.717, 1.165) is 16.5 Å². The fraction of sp³-hybridized carbons (Fsp3) is 0.320. The highest BCUT2D eigenvalue weighted by atomic mass is 32.2. The van der Waals surface area contributed by atoms with Crippen LogP contribution in [0.15, 0.2) is 54.7 Å². The SMILES string of the molecule is CCOC(=O)C[C@@H]1CS[C@@H](c2ccc(OC)cc2)[C@]1(C#N)C(=O)c1c[nH]c2ccccc12. The lowest BCUT2D eigenvalue weighted by atomic mass is 9.67. The van der Waals surface area contributed by atoms with Crippen molar-refractivity contribution < 1.29 is 19.1 Å². The molecule has 2 aromatic carbocycles. The number of aromatic nitrogens is 1. The number of rotatable bonds is 7. The van der Waals surface area contributed by atoms with Crippen molar-refractivity contribution >= 4 is 34.4 Å². The number of methoxy groups -OCH3 is 1. The third kappa shape index (κ3) is 3.65. The monoisotopic (exact) mass is 448 g/mol. The van der Waals surface area contributed by atoms with Gasteiger partial charge in [0.1, 0.15) is 11.2 Å². The van der Waals surface area contributed by atoms with Crippen LogP contribution in [0, 0.1) is 22.7 Å². The molecule has 4 rings (SSSR count). The number of hydrogen-bond donors (Lipinski definition) is 1. The Morgan fingerprint density at radius 1 is 1.22 bits per heavy atom. The van der Waals surface area contributed by atoms with Crippen LogP contribution in [0.25, 0.3) is 10.9 Å². The van der Waals surface area contributed by atoms with E-state index in [4.69, 9.17) is 9.47 Å². The number of nitrogens with one attached hydrogen (secondary N) is 1. The zero-order chi connectivity index (χ0) is 22.7. The van der Waals surface area contributed by atoms with Crippen molar-refractivity contribution in [2.45, 2.75) is 18.6 Å². The first-order valence-electron chi connectivity index (χ1n) is 10.5. The van der Waals surface area contributed by atoms with E-state index < -0.39 is 16.6 Å². The Bertz CT molecular complexity index is 1180. The molecule has 3 aromatic rings. The average Bonchev–Trinajstić information content (AvgIpc) is 3.41. The van der Waals surface area contributed by atoms with Crippen molar-refractivity contribution in [2.24, 2.45) is 11.3 Å². The molecule has 0 amide bonds. The van der Waals surface area contributed by atoms with Gasteiger partial charge in [0.25, 0.3) is 0 Å². The normalized spacial score (nSPS) is 22.4. The van der Waals surface area contributed by atoms with Gasteiger partial charge in [-0.1, -0.05) is 30.3 Å². The molecule has 0 aliphatic carbocycles. The van der Waals surface area contributed by atoms with Crippen LogP contribution in [0.2, 0.25) is 0 Å². The summed E-state index contributed by atoms with van der Waals surface area (Å²) in [6.45, 7) is 2.01. The maximum atomic E-state index is 14.1. The van der Waals surface area contributed by atoms with Crippen LogP contribution in [0.3, 0.4) is 0 Å². The molecule has 1 aliphatic rings. The molecular weight excluding hydrogens is 424 g/mol. The van der Waals surface area contributed by atoms with Crippen LogP contribution in [-0.2, 0) is 9.53 Å². The number of hydrogen-bond acceptors (Lipinski definition) is 6. The van der Waals surface area contributed by atoms with Crippen LogP contribution in [0.4, 0.5) is 0 Å². The zero-order valence-corrected chi connectivity index (χ0v) is 18.8. The molecule has 1 saturated heterocycles. The Morgan fingerprint density at radius 2 is 1.97 bits per heavy atom. The number of fused-ring (bicyclic) bond motifs is 1.